The van der Waals surface area contributed by atoms with Gasteiger partial charge in [0.15, 0.2) is 0 Å². The zero-order valence-corrected chi connectivity index (χ0v) is 13.8. The van der Waals surface area contributed by atoms with Gasteiger partial charge in [0.05, 0.1) is 6.61 Å². The lowest BCUT2D eigenvalue weighted by molar-refractivity contribution is -0.146. The van der Waals surface area contributed by atoms with Crippen molar-refractivity contribution in [2.75, 3.05) is 39.3 Å². The first-order valence-electron chi connectivity index (χ1n) is 8.53. The van der Waals surface area contributed by atoms with Gasteiger partial charge < -0.3 is 10.1 Å². The van der Waals surface area contributed by atoms with Crippen LogP contribution < -0.4 is 5.32 Å². The summed E-state index contributed by atoms with van der Waals surface area (Å²) in [7, 11) is 0. The van der Waals surface area contributed by atoms with Crippen LogP contribution in [-0.2, 0) is 9.53 Å². The van der Waals surface area contributed by atoms with Gasteiger partial charge in [0.25, 0.3) is 0 Å². The Labute approximate surface area is 129 Å². The van der Waals surface area contributed by atoms with Crippen LogP contribution in [0, 0.1) is 0 Å². The van der Waals surface area contributed by atoms with E-state index in [0.717, 1.165) is 32.1 Å². The van der Waals surface area contributed by atoms with E-state index in [2.05, 4.69) is 22.0 Å². The van der Waals surface area contributed by atoms with E-state index in [9.17, 15) is 4.79 Å². The Bertz CT molecular complexity index is 337. The molecular formula is C16H31N3O2. The number of rotatable bonds is 7. The minimum Gasteiger partial charge on any atom is -0.465 e. The maximum absolute atomic E-state index is 12.0. The number of hydrogen-bond acceptors (Lipinski definition) is 5. The average molecular weight is 297 g/mol. The summed E-state index contributed by atoms with van der Waals surface area (Å²) >= 11 is 0. The molecule has 2 heterocycles. The first kappa shape index (κ1) is 16.7. The molecule has 3 unspecified atom stereocenters. The number of nitrogens with zero attached hydrogens (tertiary/aromatic N) is 2. The molecule has 5 nitrogen and oxygen atoms in total. The molecular weight excluding hydrogens is 266 g/mol. The molecule has 2 aliphatic heterocycles. The van der Waals surface area contributed by atoms with Crippen molar-refractivity contribution in [3.63, 3.8) is 0 Å². The molecule has 2 fully saturated rings. The van der Waals surface area contributed by atoms with Crippen molar-refractivity contribution in [3.05, 3.63) is 0 Å². The number of carbonyl (C=O) groups is 1. The number of ether oxygens (including phenoxy) is 1. The minimum absolute atomic E-state index is 0.105. The predicted octanol–water partition coefficient (Wildman–Crippen LogP) is 1.09. The molecule has 2 saturated heterocycles. The lowest BCUT2D eigenvalue weighted by Crippen LogP contribution is -2.55. The molecule has 0 aromatic heterocycles. The summed E-state index contributed by atoms with van der Waals surface area (Å²) in [4.78, 5) is 17.1. The van der Waals surface area contributed by atoms with Crippen molar-refractivity contribution in [2.45, 2.75) is 58.2 Å². The molecule has 0 amide bonds. The highest BCUT2D eigenvalue weighted by atomic mass is 16.5. The normalized spacial score (nSPS) is 28.3. The third kappa shape index (κ3) is 4.41. The Balaban J connectivity index is 1.83. The van der Waals surface area contributed by atoms with Crippen LogP contribution in [-0.4, -0.2) is 73.2 Å². The zero-order chi connectivity index (χ0) is 15.2. The minimum atomic E-state index is -0.163. The fraction of sp³-hybridized carbons (Fsp3) is 0.938. The highest BCUT2D eigenvalue weighted by Crippen LogP contribution is 2.24. The van der Waals surface area contributed by atoms with Gasteiger partial charge in [0, 0.05) is 31.7 Å². The maximum atomic E-state index is 12.0. The third-order valence-corrected chi connectivity index (χ3v) is 4.79. The number of piperazine rings is 1. The van der Waals surface area contributed by atoms with Gasteiger partial charge >= 0.3 is 5.97 Å². The first-order chi connectivity index (χ1) is 10.2. The van der Waals surface area contributed by atoms with Crippen LogP contribution in [0.2, 0.25) is 0 Å². The highest BCUT2D eigenvalue weighted by molar-refractivity contribution is 5.75. The molecule has 0 bridgehead atoms. The van der Waals surface area contributed by atoms with Gasteiger partial charge in [0.2, 0.25) is 0 Å². The standard InChI is InChI=1S/C16H31N3O2/c1-4-17-15(16(20)21-5-2)8-10-18-12-14-7-6-9-19(14)11-13(18)3/h13-15,17H,4-12H2,1-3H3. The Hall–Kier alpha value is -0.650. The van der Waals surface area contributed by atoms with E-state index >= 15 is 0 Å². The molecule has 5 heteroatoms. The molecule has 0 radical (unpaired) electrons. The van der Waals surface area contributed by atoms with Crippen LogP contribution in [0.3, 0.4) is 0 Å². The average Bonchev–Trinajstić information content (AvgIpc) is 2.90. The predicted molar refractivity (Wildman–Crippen MR) is 84.3 cm³/mol. The molecule has 2 aliphatic rings. The fourth-order valence-electron chi connectivity index (χ4n) is 3.65. The molecule has 1 N–H and O–H groups in total. The Morgan fingerprint density at radius 3 is 2.90 bits per heavy atom. The summed E-state index contributed by atoms with van der Waals surface area (Å²) in [6.07, 6.45) is 3.51. The lowest BCUT2D eigenvalue weighted by atomic mass is 10.1. The van der Waals surface area contributed by atoms with E-state index in [1.807, 2.05) is 13.8 Å². The highest BCUT2D eigenvalue weighted by Gasteiger charge is 2.34. The van der Waals surface area contributed by atoms with Crippen LogP contribution in [0.4, 0.5) is 0 Å². The van der Waals surface area contributed by atoms with Crippen LogP contribution >= 0.6 is 0 Å². The lowest BCUT2D eigenvalue weighted by Gasteiger charge is -2.42. The summed E-state index contributed by atoms with van der Waals surface area (Å²) in [5, 5.41) is 3.26. The van der Waals surface area contributed by atoms with Crippen molar-refractivity contribution in [3.8, 4) is 0 Å². The van der Waals surface area contributed by atoms with E-state index in [0.29, 0.717) is 12.6 Å². The van der Waals surface area contributed by atoms with Crippen LogP contribution in [0.1, 0.15) is 40.0 Å². The molecule has 0 aromatic carbocycles. The van der Waals surface area contributed by atoms with Gasteiger partial charge in [-0.1, -0.05) is 6.92 Å². The van der Waals surface area contributed by atoms with Crippen molar-refractivity contribution in [1.82, 2.24) is 15.1 Å². The molecule has 2 rings (SSSR count). The number of carbonyl (C=O) groups excluding carboxylic acids is 1. The van der Waals surface area contributed by atoms with E-state index < -0.39 is 0 Å². The summed E-state index contributed by atoms with van der Waals surface area (Å²) in [6, 6.07) is 1.16. The Morgan fingerprint density at radius 1 is 1.38 bits per heavy atom. The van der Waals surface area contributed by atoms with Gasteiger partial charge in [-0.05, 0) is 46.2 Å². The van der Waals surface area contributed by atoms with E-state index in [1.54, 1.807) is 0 Å². The number of nitrogens with one attached hydrogen (secondary N) is 1. The van der Waals surface area contributed by atoms with Gasteiger partial charge in [0.1, 0.15) is 6.04 Å². The van der Waals surface area contributed by atoms with Gasteiger partial charge in [-0.2, -0.15) is 0 Å². The maximum Gasteiger partial charge on any atom is 0.323 e. The number of hydrogen-bond donors (Lipinski definition) is 1. The van der Waals surface area contributed by atoms with Crippen molar-refractivity contribution >= 4 is 5.97 Å². The monoisotopic (exact) mass is 297 g/mol. The quantitative estimate of drug-likeness (QED) is 0.713. The van der Waals surface area contributed by atoms with Gasteiger partial charge in [-0.3, -0.25) is 14.6 Å². The second-order valence-corrected chi connectivity index (χ2v) is 6.29. The van der Waals surface area contributed by atoms with Crippen molar-refractivity contribution < 1.29 is 9.53 Å². The first-order valence-corrected chi connectivity index (χ1v) is 8.53. The van der Waals surface area contributed by atoms with Crippen LogP contribution in [0.15, 0.2) is 0 Å². The van der Waals surface area contributed by atoms with Crippen molar-refractivity contribution in [2.24, 2.45) is 0 Å². The molecule has 122 valence electrons. The molecule has 0 aliphatic carbocycles. The summed E-state index contributed by atoms with van der Waals surface area (Å²) in [6.45, 7) is 12.0. The molecule has 3 atom stereocenters. The third-order valence-electron chi connectivity index (χ3n) is 4.79. The number of esters is 1. The number of fused-ring (bicyclic) bond motifs is 1. The Kier molecular flexibility index (Phi) is 6.45. The van der Waals surface area contributed by atoms with Gasteiger partial charge in [-0.15, -0.1) is 0 Å². The second kappa shape index (κ2) is 8.11. The van der Waals surface area contributed by atoms with Crippen LogP contribution in [0.5, 0.6) is 0 Å². The molecule has 0 spiro atoms. The topological polar surface area (TPSA) is 44.8 Å². The van der Waals surface area contributed by atoms with E-state index in [-0.39, 0.29) is 12.0 Å². The summed E-state index contributed by atoms with van der Waals surface area (Å²) in [5.41, 5.74) is 0. The van der Waals surface area contributed by atoms with Crippen molar-refractivity contribution in [1.29, 1.82) is 0 Å². The van der Waals surface area contributed by atoms with Gasteiger partial charge in [-0.25, -0.2) is 0 Å². The second-order valence-electron chi connectivity index (χ2n) is 6.29. The summed E-state index contributed by atoms with van der Waals surface area (Å²) in [5.74, 6) is -0.105. The van der Waals surface area contributed by atoms with E-state index in [1.165, 1.54) is 25.9 Å². The summed E-state index contributed by atoms with van der Waals surface area (Å²) < 4.78 is 5.16. The molecule has 0 aromatic rings. The smallest absolute Gasteiger partial charge is 0.323 e. The van der Waals surface area contributed by atoms with E-state index in [4.69, 9.17) is 4.74 Å². The molecule has 21 heavy (non-hydrogen) atoms. The number of likely N-dealkylation sites (N-methyl/N-ethyl adjacent to an activating group) is 1. The fourth-order valence-corrected chi connectivity index (χ4v) is 3.65. The molecule has 0 saturated carbocycles. The zero-order valence-electron chi connectivity index (χ0n) is 13.8. The largest absolute Gasteiger partial charge is 0.465 e. The Morgan fingerprint density at radius 2 is 2.19 bits per heavy atom. The SMILES string of the molecule is CCNC(CCN1CC2CCCN2CC1C)C(=O)OCC. The van der Waals surface area contributed by atoms with Crippen LogP contribution in [0.25, 0.3) is 0 Å².